The van der Waals surface area contributed by atoms with Gasteiger partial charge in [-0.05, 0) is 43.6 Å². The molecule has 1 saturated carbocycles. The lowest BCUT2D eigenvalue weighted by Crippen LogP contribution is -2.42. The Hall–Kier alpha value is -0.140. The summed E-state index contributed by atoms with van der Waals surface area (Å²) in [7, 11) is -1.94. The maximum absolute atomic E-state index is 13.1. The highest BCUT2D eigenvalue weighted by Gasteiger charge is 2.39. The summed E-state index contributed by atoms with van der Waals surface area (Å²) >= 11 is 7.33. The molecule has 1 unspecified atom stereocenters. The third-order valence-electron chi connectivity index (χ3n) is 3.95. The molecule has 0 amide bonds. The minimum absolute atomic E-state index is 0.00706. The van der Waals surface area contributed by atoms with Crippen LogP contribution in [0, 0.1) is 12.8 Å². The van der Waals surface area contributed by atoms with Gasteiger partial charge in [0.15, 0.2) is 0 Å². The molecule has 1 aromatic rings. The molecule has 0 bridgehead atoms. The van der Waals surface area contributed by atoms with Crippen LogP contribution in [-0.2, 0) is 20.6 Å². The molecule has 0 aromatic carbocycles. The molecular weight excluding hydrogens is 330 g/mol. The average molecular weight is 352 g/mol. The molecule has 21 heavy (non-hydrogen) atoms. The highest BCUT2D eigenvalue weighted by Crippen LogP contribution is 2.39. The number of halogens is 1. The second kappa shape index (κ2) is 6.96. The van der Waals surface area contributed by atoms with E-state index in [1.54, 1.807) is 11.4 Å². The number of ether oxygens (including phenoxy) is 1. The first-order valence-corrected chi connectivity index (χ1v) is 9.92. The fourth-order valence-corrected chi connectivity index (χ4v) is 6.27. The first kappa shape index (κ1) is 17.2. The minimum atomic E-state index is -3.53. The van der Waals surface area contributed by atoms with Gasteiger partial charge in [-0.3, -0.25) is 0 Å². The quantitative estimate of drug-likeness (QED) is 0.675. The van der Waals surface area contributed by atoms with Crippen LogP contribution >= 0.6 is 22.9 Å². The number of sulfonamides is 1. The summed E-state index contributed by atoms with van der Waals surface area (Å²) in [5.41, 5.74) is 0.779. The van der Waals surface area contributed by atoms with Gasteiger partial charge in [0.1, 0.15) is 4.90 Å². The first-order valence-electron chi connectivity index (χ1n) is 7.07. The Morgan fingerprint density at radius 1 is 1.52 bits per heavy atom. The monoisotopic (exact) mass is 351 g/mol. The third-order valence-corrected chi connectivity index (χ3v) is 7.83. The normalized spacial score (nSPS) is 17.4. The van der Waals surface area contributed by atoms with E-state index in [9.17, 15) is 8.42 Å². The van der Waals surface area contributed by atoms with Crippen LogP contribution in [0.3, 0.4) is 0 Å². The van der Waals surface area contributed by atoms with Gasteiger partial charge < -0.3 is 4.74 Å². The van der Waals surface area contributed by atoms with Crippen molar-refractivity contribution in [2.75, 3.05) is 20.3 Å². The molecular formula is C14H22ClNO3S2. The van der Waals surface area contributed by atoms with Crippen LogP contribution < -0.4 is 0 Å². The maximum Gasteiger partial charge on any atom is 0.244 e. The summed E-state index contributed by atoms with van der Waals surface area (Å²) in [6.07, 6.45) is 2.20. The van der Waals surface area contributed by atoms with Crippen LogP contribution in [0.25, 0.3) is 0 Å². The predicted molar refractivity (Wildman–Crippen MR) is 86.6 cm³/mol. The lowest BCUT2D eigenvalue weighted by atomic mass is 10.2. The van der Waals surface area contributed by atoms with Crippen molar-refractivity contribution in [3.8, 4) is 0 Å². The van der Waals surface area contributed by atoms with Gasteiger partial charge in [-0.15, -0.1) is 22.9 Å². The molecule has 0 spiro atoms. The van der Waals surface area contributed by atoms with Gasteiger partial charge in [-0.1, -0.05) is 0 Å². The standard InChI is InChI=1S/C14H22ClNO3S2/c1-10-9-20-13(8-15)14(10)21(17,18)16(6-7-19-3)11(2)12-4-5-12/h9,11-12H,4-8H2,1-3H3. The maximum atomic E-state index is 13.1. The zero-order valence-corrected chi connectivity index (χ0v) is 15.0. The summed E-state index contributed by atoms with van der Waals surface area (Å²) in [6, 6.07) is 0.00706. The van der Waals surface area contributed by atoms with E-state index in [1.165, 1.54) is 11.3 Å². The van der Waals surface area contributed by atoms with Crippen LogP contribution in [-0.4, -0.2) is 39.0 Å². The Morgan fingerprint density at radius 2 is 2.19 bits per heavy atom. The number of thiophene rings is 1. The molecule has 1 fully saturated rings. The fourth-order valence-electron chi connectivity index (χ4n) is 2.58. The highest BCUT2D eigenvalue weighted by atomic mass is 35.5. The molecule has 0 saturated heterocycles. The Morgan fingerprint density at radius 3 is 2.71 bits per heavy atom. The van der Waals surface area contributed by atoms with Crippen LogP contribution in [0.4, 0.5) is 0 Å². The SMILES string of the molecule is COCCN(C(C)C1CC1)S(=O)(=O)c1c(C)csc1CCl. The number of alkyl halides is 1. The Bertz CT molecular complexity index is 581. The van der Waals surface area contributed by atoms with Gasteiger partial charge in [-0.25, -0.2) is 8.42 Å². The zero-order valence-electron chi connectivity index (χ0n) is 12.6. The van der Waals surface area contributed by atoms with E-state index in [0.29, 0.717) is 24.0 Å². The number of methoxy groups -OCH3 is 1. The van der Waals surface area contributed by atoms with Crippen molar-refractivity contribution >= 4 is 33.0 Å². The van der Waals surface area contributed by atoms with Crippen LogP contribution in [0.5, 0.6) is 0 Å². The van der Waals surface area contributed by atoms with Gasteiger partial charge in [0.05, 0.1) is 12.5 Å². The third kappa shape index (κ3) is 3.62. The molecule has 2 rings (SSSR count). The lowest BCUT2D eigenvalue weighted by Gasteiger charge is -2.28. The van der Waals surface area contributed by atoms with Gasteiger partial charge in [0, 0.05) is 24.6 Å². The summed E-state index contributed by atoms with van der Waals surface area (Å²) in [4.78, 5) is 1.12. The number of nitrogens with zero attached hydrogens (tertiary/aromatic N) is 1. The zero-order chi connectivity index (χ0) is 15.6. The second-order valence-corrected chi connectivity index (χ2v) is 8.55. The lowest BCUT2D eigenvalue weighted by molar-refractivity contribution is 0.164. The van der Waals surface area contributed by atoms with E-state index in [0.717, 1.165) is 23.3 Å². The first-order chi connectivity index (χ1) is 9.93. The molecule has 1 aliphatic carbocycles. The van der Waals surface area contributed by atoms with E-state index in [4.69, 9.17) is 16.3 Å². The van der Waals surface area contributed by atoms with Crippen molar-refractivity contribution in [1.29, 1.82) is 0 Å². The van der Waals surface area contributed by atoms with E-state index in [1.807, 2.05) is 19.2 Å². The smallest absolute Gasteiger partial charge is 0.244 e. The Labute approximate surface area is 136 Å². The summed E-state index contributed by atoms with van der Waals surface area (Å²) in [5.74, 6) is 0.693. The largest absolute Gasteiger partial charge is 0.383 e. The van der Waals surface area contributed by atoms with Gasteiger partial charge in [0.25, 0.3) is 0 Å². The molecule has 120 valence electrons. The molecule has 1 aromatic heterocycles. The predicted octanol–water partition coefficient (Wildman–Crippen LogP) is 3.23. The second-order valence-electron chi connectivity index (χ2n) is 5.49. The number of aryl methyl sites for hydroxylation is 1. The van der Waals surface area contributed by atoms with Crippen molar-refractivity contribution in [3.63, 3.8) is 0 Å². The topological polar surface area (TPSA) is 46.6 Å². The number of hydrogen-bond donors (Lipinski definition) is 0. The molecule has 0 aliphatic heterocycles. The van der Waals surface area contributed by atoms with Crippen molar-refractivity contribution in [2.45, 2.75) is 43.5 Å². The van der Waals surface area contributed by atoms with Gasteiger partial charge >= 0.3 is 0 Å². The van der Waals surface area contributed by atoms with Gasteiger partial charge in [-0.2, -0.15) is 4.31 Å². The van der Waals surface area contributed by atoms with E-state index in [-0.39, 0.29) is 11.9 Å². The van der Waals surface area contributed by atoms with Crippen molar-refractivity contribution < 1.29 is 13.2 Å². The molecule has 0 radical (unpaired) electrons. The van der Waals surface area contributed by atoms with Crippen molar-refractivity contribution in [2.24, 2.45) is 5.92 Å². The Balaban J connectivity index is 2.38. The Kier molecular flexibility index (Phi) is 5.71. The van der Waals surface area contributed by atoms with Crippen molar-refractivity contribution in [3.05, 3.63) is 15.8 Å². The van der Waals surface area contributed by atoms with E-state index >= 15 is 0 Å². The van der Waals surface area contributed by atoms with E-state index < -0.39 is 10.0 Å². The van der Waals surface area contributed by atoms with E-state index in [2.05, 4.69) is 0 Å². The molecule has 1 atom stereocenters. The van der Waals surface area contributed by atoms with Crippen LogP contribution in [0.2, 0.25) is 0 Å². The number of hydrogen-bond acceptors (Lipinski definition) is 4. The van der Waals surface area contributed by atoms with Crippen molar-refractivity contribution in [1.82, 2.24) is 4.31 Å². The molecule has 7 heteroatoms. The van der Waals surface area contributed by atoms with Crippen LogP contribution in [0.15, 0.2) is 10.3 Å². The fraction of sp³-hybridized carbons (Fsp3) is 0.714. The molecule has 0 N–H and O–H groups in total. The highest BCUT2D eigenvalue weighted by molar-refractivity contribution is 7.89. The summed E-state index contributed by atoms with van der Waals surface area (Å²) < 4.78 is 32.9. The van der Waals surface area contributed by atoms with Gasteiger partial charge in [0.2, 0.25) is 10.0 Å². The van der Waals surface area contributed by atoms with Crippen LogP contribution in [0.1, 0.15) is 30.2 Å². The average Bonchev–Trinajstić information content (AvgIpc) is 3.21. The molecule has 1 aliphatic rings. The molecule has 4 nitrogen and oxygen atoms in total. The molecule has 1 heterocycles. The minimum Gasteiger partial charge on any atom is -0.383 e. The summed E-state index contributed by atoms with van der Waals surface area (Å²) in [5, 5.41) is 1.86. The number of rotatable bonds is 8. The summed E-state index contributed by atoms with van der Waals surface area (Å²) in [6.45, 7) is 4.60.